The maximum absolute atomic E-state index is 6.12. The van der Waals surface area contributed by atoms with E-state index < -0.39 is 0 Å². The Bertz CT molecular complexity index is 811. The molecule has 0 radical (unpaired) electrons. The molecule has 3 rings (SSSR count). The Morgan fingerprint density at radius 1 is 1.17 bits per heavy atom. The lowest BCUT2D eigenvalue weighted by Crippen LogP contribution is -2.25. The summed E-state index contributed by atoms with van der Waals surface area (Å²) in [6.07, 6.45) is 3.43. The minimum absolute atomic E-state index is 0. The van der Waals surface area contributed by atoms with Crippen molar-refractivity contribution in [2.24, 2.45) is 10.7 Å². The van der Waals surface area contributed by atoms with Crippen molar-refractivity contribution in [3.05, 3.63) is 53.1 Å². The van der Waals surface area contributed by atoms with Gasteiger partial charge in [-0.1, -0.05) is 23.7 Å². The Morgan fingerprint density at radius 3 is 2.57 bits per heavy atom. The largest absolute Gasteiger partial charge is 0.495 e. The molecule has 0 spiro atoms. The van der Waals surface area contributed by atoms with E-state index in [2.05, 4.69) is 27.3 Å². The third-order valence-corrected chi connectivity index (χ3v) is 5.20. The van der Waals surface area contributed by atoms with Crippen molar-refractivity contribution >= 4 is 47.2 Å². The number of likely N-dealkylation sites (tertiary alicyclic amines) is 1. The highest BCUT2D eigenvalue weighted by Crippen LogP contribution is 2.27. The van der Waals surface area contributed by atoms with Crippen LogP contribution in [0.25, 0.3) is 0 Å². The van der Waals surface area contributed by atoms with Gasteiger partial charge in [0, 0.05) is 18.8 Å². The summed E-state index contributed by atoms with van der Waals surface area (Å²) < 4.78 is 11.0. The second-order valence-corrected chi connectivity index (χ2v) is 7.44. The van der Waals surface area contributed by atoms with Gasteiger partial charge in [0.1, 0.15) is 18.1 Å². The van der Waals surface area contributed by atoms with Crippen molar-refractivity contribution in [1.29, 1.82) is 0 Å². The fraction of sp³-hybridized carbons (Fsp3) is 0.409. The summed E-state index contributed by atoms with van der Waals surface area (Å²) in [4.78, 5) is 6.82. The Morgan fingerprint density at radius 2 is 1.90 bits per heavy atom. The molecule has 0 atom stereocenters. The lowest BCUT2D eigenvalue weighted by atomic mass is 10.1. The number of nitrogens with one attached hydrogen (secondary N) is 1. The van der Waals surface area contributed by atoms with E-state index in [0.29, 0.717) is 23.3 Å². The highest BCUT2D eigenvalue weighted by molar-refractivity contribution is 14.0. The fourth-order valence-electron chi connectivity index (χ4n) is 3.29. The van der Waals surface area contributed by atoms with E-state index in [1.165, 1.54) is 31.5 Å². The molecular formula is C22H30ClIN4O2. The lowest BCUT2D eigenvalue weighted by molar-refractivity contribution is 0.238. The molecule has 1 aliphatic heterocycles. The van der Waals surface area contributed by atoms with E-state index in [9.17, 15) is 0 Å². The fourth-order valence-corrected chi connectivity index (χ4v) is 3.55. The van der Waals surface area contributed by atoms with Crippen molar-refractivity contribution in [3.63, 3.8) is 0 Å². The van der Waals surface area contributed by atoms with Gasteiger partial charge >= 0.3 is 0 Å². The van der Waals surface area contributed by atoms with E-state index in [-0.39, 0.29) is 24.0 Å². The molecule has 1 saturated heterocycles. The molecule has 164 valence electrons. The molecule has 0 saturated carbocycles. The molecule has 2 aromatic rings. The van der Waals surface area contributed by atoms with Crippen molar-refractivity contribution in [1.82, 2.24) is 4.90 Å². The maximum Gasteiger partial charge on any atom is 0.193 e. The zero-order valence-electron chi connectivity index (χ0n) is 17.3. The summed E-state index contributed by atoms with van der Waals surface area (Å²) in [6.45, 7) is 4.74. The van der Waals surface area contributed by atoms with Crippen molar-refractivity contribution in [3.8, 4) is 11.5 Å². The standard InChI is InChI=1S/C22H29ClN4O2.HI/c1-28-21-9-6-18(16-20(21)23)26-22(24)25-11-10-17-4-7-19(8-5-17)29-15-14-27-12-2-3-13-27;/h4-9,16H,2-3,10-15H2,1H3,(H3,24,25,26);1H. The zero-order valence-corrected chi connectivity index (χ0v) is 20.4. The quantitative estimate of drug-likeness (QED) is 0.278. The average Bonchev–Trinajstić information content (AvgIpc) is 3.23. The van der Waals surface area contributed by atoms with Crippen molar-refractivity contribution in [2.75, 3.05) is 45.2 Å². The Hall–Kier alpha value is -1.71. The van der Waals surface area contributed by atoms with Crippen LogP contribution in [0.5, 0.6) is 11.5 Å². The van der Waals surface area contributed by atoms with Gasteiger partial charge in [0.2, 0.25) is 0 Å². The molecule has 1 heterocycles. The van der Waals surface area contributed by atoms with E-state index in [1.807, 2.05) is 18.2 Å². The third kappa shape index (κ3) is 7.85. The van der Waals surface area contributed by atoms with Gasteiger partial charge in [-0.2, -0.15) is 0 Å². The monoisotopic (exact) mass is 544 g/mol. The molecule has 2 aromatic carbocycles. The second-order valence-electron chi connectivity index (χ2n) is 7.03. The van der Waals surface area contributed by atoms with Crippen LogP contribution in [0.4, 0.5) is 5.69 Å². The molecule has 0 aliphatic carbocycles. The van der Waals surface area contributed by atoms with Crippen LogP contribution in [0.15, 0.2) is 47.5 Å². The SMILES string of the molecule is COc1ccc(NC(N)=NCCc2ccc(OCCN3CCCC3)cc2)cc1Cl.I. The predicted octanol–water partition coefficient (Wildman–Crippen LogP) is 4.41. The smallest absolute Gasteiger partial charge is 0.193 e. The number of anilines is 1. The first-order valence-corrected chi connectivity index (χ1v) is 10.4. The number of rotatable bonds is 9. The number of ether oxygens (including phenoxy) is 2. The number of halogens is 2. The molecular weight excluding hydrogens is 515 g/mol. The number of hydrogen-bond acceptors (Lipinski definition) is 4. The molecule has 0 amide bonds. The summed E-state index contributed by atoms with van der Waals surface area (Å²) in [5.74, 6) is 1.89. The van der Waals surface area contributed by atoms with E-state index in [1.54, 1.807) is 19.2 Å². The first-order chi connectivity index (χ1) is 14.1. The highest BCUT2D eigenvalue weighted by atomic mass is 127. The van der Waals surface area contributed by atoms with Crippen LogP contribution >= 0.6 is 35.6 Å². The van der Waals surface area contributed by atoms with Gasteiger partial charge in [-0.3, -0.25) is 9.89 Å². The number of nitrogens with two attached hydrogens (primary N) is 1. The second kappa shape index (κ2) is 12.9. The van der Waals surface area contributed by atoms with Crippen LogP contribution in [-0.2, 0) is 6.42 Å². The number of benzene rings is 2. The minimum atomic E-state index is 0. The molecule has 30 heavy (non-hydrogen) atoms. The molecule has 1 aliphatic rings. The van der Waals surface area contributed by atoms with Crippen molar-refractivity contribution < 1.29 is 9.47 Å². The normalized spacial score (nSPS) is 14.3. The maximum atomic E-state index is 6.12. The highest BCUT2D eigenvalue weighted by Gasteiger charge is 2.10. The summed E-state index contributed by atoms with van der Waals surface area (Å²) in [5.41, 5.74) is 7.93. The third-order valence-electron chi connectivity index (χ3n) is 4.91. The molecule has 0 unspecified atom stereocenters. The van der Waals surface area contributed by atoms with E-state index >= 15 is 0 Å². The topological polar surface area (TPSA) is 72.1 Å². The minimum Gasteiger partial charge on any atom is -0.495 e. The molecule has 6 nitrogen and oxygen atoms in total. The van der Waals surface area contributed by atoms with E-state index in [0.717, 1.165) is 31.0 Å². The first-order valence-electron chi connectivity index (χ1n) is 9.98. The Labute approximate surface area is 200 Å². The van der Waals surface area contributed by atoms with Gasteiger partial charge in [0.25, 0.3) is 0 Å². The van der Waals surface area contributed by atoms with Crippen LogP contribution in [0, 0.1) is 0 Å². The number of guanidine groups is 1. The molecule has 3 N–H and O–H groups in total. The molecule has 8 heteroatoms. The number of aliphatic imine (C=N–C) groups is 1. The molecule has 0 aromatic heterocycles. The van der Waals surface area contributed by atoms with Crippen molar-refractivity contribution in [2.45, 2.75) is 19.3 Å². The number of hydrogen-bond donors (Lipinski definition) is 2. The van der Waals surface area contributed by atoms with Crippen LogP contribution in [0.2, 0.25) is 5.02 Å². The first kappa shape index (κ1) is 24.6. The summed E-state index contributed by atoms with van der Waals surface area (Å²) >= 11 is 6.12. The number of nitrogens with zero attached hydrogens (tertiary/aromatic N) is 2. The molecule has 0 bridgehead atoms. The average molecular weight is 545 g/mol. The van der Waals surface area contributed by atoms with Gasteiger partial charge in [-0.05, 0) is 68.2 Å². The Kier molecular flexibility index (Phi) is 10.5. The van der Waals surface area contributed by atoms with Crippen LogP contribution in [0.3, 0.4) is 0 Å². The van der Waals surface area contributed by atoms with Gasteiger partial charge in [0.05, 0.1) is 12.1 Å². The summed E-state index contributed by atoms with van der Waals surface area (Å²) in [6, 6.07) is 13.6. The Balaban J connectivity index is 0.00000320. The lowest BCUT2D eigenvalue weighted by Gasteiger charge is -2.15. The van der Waals surface area contributed by atoms with Gasteiger partial charge in [-0.25, -0.2) is 0 Å². The molecule has 1 fully saturated rings. The van der Waals surface area contributed by atoms with Gasteiger partial charge in [-0.15, -0.1) is 24.0 Å². The number of methoxy groups -OCH3 is 1. The zero-order chi connectivity index (χ0) is 20.5. The predicted molar refractivity (Wildman–Crippen MR) is 135 cm³/mol. The van der Waals surface area contributed by atoms with E-state index in [4.69, 9.17) is 26.8 Å². The van der Waals surface area contributed by atoms with Gasteiger partial charge in [0.15, 0.2) is 5.96 Å². The van der Waals surface area contributed by atoms with Gasteiger partial charge < -0.3 is 20.5 Å². The summed E-state index contributed by atoms with van der Waals surface area (Å²) in [7, 11) is 1.58. The van der Waals surface area contributed by atoms with Crippen LogP contribution in [0.1, 0.15) is 18.4 Å². The summed E-state index contributed by atoms with van der Waals surface area (Å²) in [5, 5.41) is 3.56. The van der Waals surface area contributed by atoms with Crippen LogP contribution < -0.4 is 20.5 Å². The van der Waals surface area contributed by atoms with Crippen LogP contribution in [-0.4, -0.2) is 50.8 Å².